The van der Waals surface area contributed by atoms with Crippen LogP contribution < -0.4 is 16.0 Å². The van der Waals surface area contributed by atoms with E-state index in [1.165, 1.54) is 18.0 Å². The number of halogens is 3. The molecule has 24 heavy (non-hydrogen) atoms. The number of fused-ring (bicyclic) bond motifs is 1. The predicted octanol–water partition coefficient (Wildman–Crippen LogP) is 3.37. The highest BCUT2D eigenvalue weighted by atomic mass is 32.1. The number of pyridine rings is 1. The van der Waals surface area contributed by atoms with E-state index >= 15 is 0 Å². The number of primary amides is 1. The van der Waals surface area contributed by atoms with Gasteiger partial charge in [-0.25, -0.2) is 27.9 Å². The number of hydrogen-bond donors (Lipinski definition) is 2. The van der Waals surface area contributed by atoms with E-state index in [-0.39, 0.29) is 10.8 Å². The van der Waals surface area contributed by atoms with Crippen molar-refractivity contribution in [1.82, 2.24) is 9.97 Å². The van der Waals surface area contributed by atoms with E-state index in [9.17, 15) is 18.0 Å². The number of nitrogens with zero attached hydrogens (tertiary/aromatic N) is 3. The fourth-order valence-corrected chi connectivity index (χ4v) is 2.89. The Morgan fingerprint density at radius 1 is 1.17 bits per heavy atom. The number of hydrogen-bond acceptors (Lipinski definition) is 5. The molecule has 3 rings (SSSR count). The number of aromatic nitrogens is 2. The lowest BCUT2D eigenvalue weighted by Crippen LogP contribution is -2.18. The van der Waals surface area contributed by atoms with Gasteiger partial charge in [0.1, 0.15) is 16.2 Å². The van der Waals surface area contributed by atoms with Crippen molar-refractivity contribution in [3.63, 3.8) is 0 Å². The Morgan fingerprint density at radius 3 is 2.62 bits per heavy atom. The van der Waals surface area contributed by atoms with E-state index in [1.54, 1.807) is 6.07 Å². The van der Waals surface area contributed by atoms with Gasteiger partial charge in [-0.15, -0.1) is 0 Å². The van der Waals surface area contributed by atoms with Gasteiger partial charge in [-0.05, 0) is 24.3 Å². The van der Waals surface area contributed by atoms with E-state index in [2.05, 4.69) is 15.3 Å². The number of carbonyl (C=O) groups is 1. The standard InChI is InChI=1S/C14H10F3N5OS/c1-22(8-4-2-6(15)10(16)11(8)17)9-5-3-7-12(20-9)24-14(19-7)21-13(18)23/h2-5H,1H3,(H3,18,19,21,23). The summed E-state index contributed by atoms with van der Waals surface area (Å²) in [5, 5.41) is 2.61. The monoisotopic (exact) mass is 353 g/mol. The Balaban J connectivity index is 1.99. The zero-order chi connectivity index (χ0) is 17.4. The molecular weight excluding hydrogens is 343 g/mol. The minimum atomic E-state index is -1.55. The average molecular weight is 353 g/mol. The maximum Gasteiger partial charge on any atom is 0.318 e. The number of amides is 2. The van der Waals surface area contributed by atoms with Gasteiger partial charge in [0, 0.05) is 7.05 Å². The molecule has 6 nitrogen and oxygen atoms in total. The van der Waals surface area contributed by atoms with Crippen LogP contribution in [0.5, 0.6) is 0 Å². The quantitative estimate of drug-likeness (QED) is 0.707. The number of rotatable bonds is 3. The van der Waals surface area contributed by atoms with Crippen LogP contribution in [0.15, 0.2) is 24.3 Å². The van der Waals surface area contributed by atoms with Crippen LogP contribution in [0.3, 0.4) is 0 Å². The van der Waals surface area contributed by atoms with Crippen molar-refractivity contribution < 1.29 is 18.0 Å². The lowest BCUT2D eigenvalue weighted by atomic mass is 10.2. The third kappa shape index (κ3) is 2.83. The summed E-state index contributed by atoms with van der Waals surface area (Å²) in [6.07, 6.45) is 0. The van der Waals surface area contributed by atoms with Crippen LogP contribution in [0, 0.1) is 17.5 Å². The largest absolute Gasteiger partial charge is 0.351 e. The molecule has 0 bridgehead atoms. The molecule has 1 aromatic carbocycles. The smallest absolute Gasteiger partial charge is 0.318 e. The number of thiazole rings is 1. The summed E-state index contributed by atoms with van der Waals surface area (Å²) in [5.74, 6) is -3.83. The molecule has 0 aliphatic carbocycles. The number of benzene rings is 1. The fraction of sp³-hybridized carbons (Fsp3) is 0.0714. The first kappa shape index (κ1) is 16.0. The highest BCUT2D eigenvalue weighted by Crippen LogP contribution is 2.31. The Hall–Kier alpha value is -2.88. The van der Waals surface area contributed by atoms with Crippen LogP contribution in [0.1, 0.15) is 0 Å². The van der Waals surface area contributed by atoms with E-state index in [0.29, 0.717) is 16.2 Å². The van der Waals surface area contributed by atoms with Crippen LogP contribution in [0.4, 0.5) is 34.6 Å². The van der Waals surface area contributed by atoms with Gasteiger partial charge in [0.05, 0.1) is 5.69 Å². The highest BCUT2D eigenvalue weighted by molar-refractivity contribution is 7.21. The number of anilines is 3. The second-order valence-electron chi connectivity index (χ2n) is 4.76. The Labute approximate surface area is 137 Å². The van der Waals surface area contributed by atoms with Crippen LogP contribution >= 0.6 is 11.3 Å². The Kier molecular flexibility index (Phi) is 3.97. The zero-order valence-corrected chi connectivity index (χ0v) is 13.0. The molecule has 0 aliphatic rings. The number of nitrogens with one attached hydrogen (secondary N) is 1. The van der Waals surface area contributed by atoms with E-state index in [1.807, 2.05) is 0 Å². The van der Waals surface area contributed by atoms with Crippen molar-refractivity contribution in [3.05, 3.63) is 41.7 Å². The lowest BCUT2D eigenvalue weighted by molar-refractivity contribution is 0.259. The SMILES string of the molecule is CN(c1ccc2nc(NC(N)=O)sc2n1)c1ccc(F)c(F)c1F. The van der Waals surface area contributed by atoms with Crippen LogP contribution in [-0.4, -0.2) is 23.0 Å². The average Bonchev–Trinajstić information content (AvgIpc) is 2.92. The van der Waals surface area contributed by atoms with Crippen molar-refractivity contribution in [2.75, 3.05) is 17.3 Å². The first-order valence-electron chi connectivity index (χ1n) is 6.58. The lowest BCUT2D eigenvalue weighted by Gasteiger charge is -2.19. The van der Waals surface area contributed by atoms with Gasteiger partial charge in [-0.1, -0.05) is 11.3 Å². The summed E-state index contributed by atoms with van der Waals surface area (Å²) < 4.78 is 40.3. The molecule has 0 unspecified atom stereocenters. The van der Waals surface area contributed by atoms with Crippen LogP contribution in [-0.2, 0) is 0 Å². The molecule has 0 saturated carbocycles. The van der Waals surface area contributed by atoms with Gasteiger partial charge in [0.25, 0.3) is 0 Å². The molecular formula is C14H10F3N5OS. The summed E-state index contributed by atoms with van der Waals surface area (Å²) in [6.45, 7) is 0. The third-order valence-electron chi connectivity index (χ3n) is 3.19. The molecule has 124 valence electrons. The summed E-state index contributed by atoms with van der Waals surface area (Å²) in [7, 11) is 1.47. The fourth-order valence-electron chi connectivity index (χ4n) is 2.05. The second kappa shape index (κ2) is 5.96. The van der Waals surface area contributed by atoms with Gasteiger partial charge < -0.3 is 10.6 Å². The number of nitrogens with two attached hydrogens (primary N) is 1. The maximum absolute atomic E-state index is 13.9. The molecule has 3 N–H and O–H groups in total. The van der Waals surface area contributed by atoms with Gasteiger partial charge in [-0.3, -0.25) is 5.32 Å². The molecule has 0 saturated heterocycles. The zero-order valence-electron chi connectivity index (χ0n) is 12.2. The molecule has 0 atom stereocenters. The minimum Gasteiger partial charge on any atom is -0.351 e. The topological polar surface area (TPSA) is 84.1 Å². The summed E-state index contributed by atoms with van der Waals surface area (Å²) in [5.41, 5.74) is 5.36. The molecule has 0 radical (unpaired) electrons. The molecule has 3 aromatic rings. The molecule has 2 amide bonds. The van der Waals surface area contributed by atoms with E-state index in [0.717, 1.165) is 23.5 Å². The Bertz CT molecular complexity index is 946. The summed E-state index contributed by atoms with van der Waals surface area (Å²) in [4.78, 5) is 21.0. The predicted molar refractivity (Wildman–Crippen MR) is 85.0 cm³/mol. The summed E-state index contributed by atoms with van der Waals surface area (Å²) >= 11 is 1.07. The number of urea groups is 1. The minimum absolute atomic E-state index is 0.166. The first-order chi connectivity index (χ1) is 11.4. The molecule has 10 heteroatoms. The van der Waals surface area contributed by atoms with Gasteiger partial charge in [-0.2, -0.15) is 0 Å². The summed E-state index contributed by atoms with van der Waals surface area (Å²) in [6, 6.07) is 4.34. The van der Waals surface area contributed by atoms with Gasteiger partial charge >= 0.3 is 6.03 Å². The van der Waals surface area contributed by atoms with Gasteiger partial charge in [0.2, 0.25) is 0 Å². The van der Waals surface area contributed by atoms with Crippen molar-refractivity contribution >= 4 is 44.4 Å². The molecule has 0 fully saturated rings. The van der Waals surface area contributed by atoms with Crippen molar-refractivity contribution in [1.29, 1.82) is 0 Å². The van der Waals surface area contributed by atoms with Crippen LogP contribution in [0.2, 0.25) is 0 Å². The Morgan fingerprint density at radius 2 is 1.92 bits per heavy atom. The second-order valence-corrected chi connectivity index (χ2v) is 5.73. The van der Waals surface area contributed by atoms with E-state index < -0.39 is 23.5 Å². The maximum atomic E-state index is 13.9. The normalized spacial score (nSPS) is 10.8. The van der Waals surface area contributed by atoms with Crippen molar-refractivity contribution in [2.45, 2.75) is 0 Å². The molecule has 0 aliphatic heterocycles. The molecule has 2 heterocycles. The van der Waals surface area contributed by atoms with Crippen molar-refractivity contribution in [2.24, 2.45) is 5.73 Å². The van der Waals surface area contributed by atoms with E-state index in [4.69, 9.17) is 5.73 Å². The molecule has 2 aromatic heterocycles. The van der Waals surface area contributed by atoms with Gasteiger partial charge in [0.15, 0.2) is 22.6 Å². The number of carbonyl (C=O) groups excluding carboxylic acids is 1. The highest BCUT2D eigenvalue weighted by Gasteiger charge is 2.18. The molecule has 0 spiro atoms. The first-order valence-corrected chi connectivity index (χ1v) is 7.39. The third-order valence-corrected chi connectivity index (χ3v) is 4.07. The van der Waals surface area contributed by atoms with Crippen LogP contribution in [0.25, 0.3) is 10.3 Å². The van der Waals surface area contributed by atoms with Crippen molar-refractivity contribution in [3.8, 4) is 0 Å².